The lowest BCUT2D eigenvalue weighted by molar-refractivity contribution is 0.126. The number of ether oxygens (including phenoxy) is 1. The topological polar surface area (TPSA) is 21.3 Å². The summed E-state index contributed by atoms with van der Waals surface area (Å²) in [5, 5.41) is 3.34. The van der Waals surface area contributed by atoms with Crippen molar-refractivity contribution in [3.05, 3.63) is 30.1 Å². The molecule has 2 unspecified atom stereocenters. The van der Waals surface area contributed by atoms with E-state index in [0.29, 0.717) is 11.7 Å². The van der Waals surface area contributed by atoms with Crippen molar-refractivity contribution in [1.82, 2.24) is 5.32 Å². The van der Waals surface area contributed by atoms with Crippen LogP contribution in [0.4, 0.5) is 4.39 Å². The van der Waals surface area contributed by atoms with Crippen LogP contribution in [-0.4, -0.2) is 19.2 Å². The first-order chi connectivity index (χ1) is 7.77. The first kappa shape index (κ1) is 11.4. The Morgan fingerprint density at radius 3 is 2.94 bits per heavy atom. The Bertz CT molecular complexity index is 336. The summed E-state index contributed by atoms with van der Waals surface area (Å²) >= 11 is 0. The van der Waals surface area contributed by atoms with E-state index in [2.05, 4.69) is 5.32 Å². The third-order valence-electron chi connectivity index (χ3n) is 3.15. The second-order valence-electron chi connectivity index (χ2n) is 4.36. The molecule has 2 rings (SSSR count). The predicted molar refractivity (Wildman–Crippen MR) is 62.1 cm³/mol. The molecule has 1 saturated heterocycles. The van der Waals surface area contributed by atoms with Gasteiger partial charge in [-0.2, -0.15) is 0 Å². The molecule has 0 aliphatic carbocycles. The largest absolute Gasteiger partial charge is 0.487 e. The van der Waals surface area contributed by atoms with Crippen LogP contribution in [-0.2, 0) is 0 Å². The zero-order chi connectivity index (χ0) is 11.4. The fourth-order valence-electron chi connectivity index (χ4n) is 2.12. The Morgan fingerprint density at radius 1 is 1.44 bits per heavy atom. The summed E-state index contributed by atoms with van der Waals surface area (Å²) in [6, 6.07) is 6.59. The van der Waals surface area contributed by atoms with Gasteiger partial charge in [-0.1, -0.05) is 12.1 Å². The lowest BCUT2D eigenvalue weighted by Crippen LogP contribution is -2.38. The maximum atomic E-state index is 13.4. The summed E-state index contributed by atoms with van der Waals surface area (Å²) in [6.07, 6.45) is 2.39. The van der Waals surface area contributed by atoms with Gasteiger partial charge >= 0.3 is 0 Å². The fourth-order valence-corrected chi connectivity index (χ4v) is 2.12. The molecule has 1 aliphatic heterocycles. The van der Waals surface area contributed by atoms with Gasteiger partial charge in [-0.3, -0.25) is 0 Å². The Balaban J connectivity index is 1.96. The summed E-state index contributed by atoms with van der Waals surface area (Å²) in [5.74, 6) is 0.562. The quantitative estimate of drug-likeness (QED) is 0.850. The molecule has 0 spiro atoms. The molecule has 1 fully saturated rings. The highest BCUT2D eigenvalue weighted by Crippen LogP contribution is 2.22. The lowest BCUT2D eigenvalue weighted by atomic mass is 9.95. The molecule has 16 heavy (non-hydrogen) atoms. The van der Waals surface area contributed by atoms with Crippen LogP contribution in [0.15, 0.2) is 24.3 Å². The van der Waals surface area contributed by atoms with E-state index in [4.69, 9.17) is 4.74 Å². The molecule has 1 aliphatic rings. The van der Waals surface area contributed by atoms with Crippen molar-refractivity contribution in [2.24, 2.45) is 5.92 Å². The van der Waals surface area contributed by atoms with E-state index < -0.39 is 0 Å². The van der Waals surface area contributed by atoms with Crippen LogP contribution in [0.25, 0.3) is 0 Å². The van der Waals surface area contributed by atoms with Crippen LogP contribution in [0.2, 0.25) is 0 Å². The molecule has 1 N–H and O–H groups in total. The number of benzene rings is 1. The highest BCUT2D eigenvalue weighted by molar-refractivity contribution is 5.23. The monoisotopic (exact) mass is 223 g/mol. The first-order valence-electron chi connectivity index (χ1n) is 5.89. The molecule has 88 valence electrons. The molecule has 0 bridgehead atoms. The van der Waals surface area contributed by atoms with Crippen molar-refractivity contribution in [3.8, 4) is 5.75 Å². The standard InChI is InChI=1S/C13H18FNO/c1-10(11-5-4-8-15-9-11)16-13-7-3-2-6-12(13)14/h2-3,6-7,10-11,15H,4-5,8-9H2,1H3. The summed E-state index contributed by atoms with van der Waals surface area (Å²) < 4.78 is 19.0. The number of hydrogen-bond acceptors (Lipinski definition) is 2. The van der Waals surface area contributed by atoms with E-state index in [1.54, 1.807) is 18.2 Å². The molecule has 1 aromatic rings. The summed E-state index contributed by atoms with van der Waals surface area (Å²) in [4.78, 5) is 0. The van der Waals surface area contributed by atoms with Crippen LogP contribution >= 0.6 is 0 Å². The van der Waals surface area contributed by atoms with Gasteiger partial charge in [0.15, 0.2) is 11.6 Å². The van der Waals surface area contributed by atoms with E-state index >= 15 is 0 Å². The molecule has 1 heterocycles. The zero-order valence-electron chi connectivity index (χ0n) is 9.58. The molecule has 0 radical (unpaired) electrons. The van der Waals surface area contributed by atoms with Crippen LogP contribution < -0.4 is 10.1 Å². The van der Waals surface area contributed by atoms with Crippen LogP contribution in [0.1, 0.15) is 19.8 Å². The molecule has 3 heteroatoms. The molecule has 2 nitrogen and oxygen atoms in total. The number of rotatable bonds is 3. The van der Waals surface area contributed by atoms with Gasteiger partial charge < -0.3 is 10.1 Å². The molecular formula is C13H18FNO. The Hall–Kier alpha value is -1.09. The van der Waals surface area contributed by atoms with Gasteiger partial charge in [0.25, 0.3) is 0 Å². The van der Waals surface area contributed by atoms with Gasteiger partial charge in [0.1, 0.15) is 6.10 Å². The second-order valence-corrected chi connectivity index (χ2v) is 4.36. The highest BCUT2D eigenvalue weighted by atomic mass is 19.1. The smallest absolute Gasteiger partial charge is 0.165 e. The van der Waals surface area contributed by atoms with Crippen molar-refractivity contribution in [3.63, 3.8) is 0 Å². The summed E-state index contributed by atoms with van der Waals surface area (Å²) in [7, 11) is 0. The summed E-state index contributed by atoms with van der Waals surface area (Å²) in [5.41, 5.74) is 0. The van der Waals surface area contributed by atoms with Crippen molar-refractivity contribution in [2.45, 2.75) is 25.9 Å². The van der Waals surface area contributed by atoms with Crippen LogP contribution in [0, 0.1) is 11.7 Å². The van der Waals surface area contributed by atoms with Crippen molar-refractivity contribution >= 4 is 0 Å². The highest BCUT2D eigenvalue weighted by Gasteiger charge is 2.21. The molecule has 0 aromatic heterocycles. The Morgan fingerprint density at radius 2 is 2.25 bits per heavy atom. The van der Waals surface area contributed by atoms with E-state index in [9.17, 15) is 4.39 Å². The minimum Gasteiger partial charge on any atom is -0.487 e. The van der Waals surface area contributed by atoms with Crippen LogP contribution in [0.3, 0.4) is 0 Å². The molecule has 2 atom stereocenters. The Kier molecular flexibility index (Phi) is 3.78. The third-order valence-corrected chi connectivity index (χ3v) is 3.15. The molecule has 0 amide bonds. The maximum absolute atomic E-state index is 13.4. The van der Waals surface area contributed by atoms with Gasteiger partial charge in [0, 0.05) is 12.5 Å². The number of nitrogens with one attached hydrogen (secondary N) is 1. The van der Waals surface area contributed by atoms with E-state index in [1.807, 2.05) is 6.92 Å². The van der Waals surface area contributed by atoms with E-state index in [-0.39, 0.29) is 11.9 Å². The van der Waals surface area contributed by atoms with Crippen LogP contribution in [0.5, 0.6) is 5.75 Å². The summed E-state index contributed by atoms with van der Waals surface area (Å²) in [6.45, 7) is 4.07. The zero-order valence-corrected chi connectivity index (χ0v) is 9.58. The number of halogens is 1. The minimum atomic E-state index is -0.280. The van der Waals surface area contributed by atoms with Gasteiger partial charge in [-0.15, -0.1) is 0 Å². The molecular weight excluding hydrogens is 205 g/mol. The molecule has 1 aromatic carbocycles. The predicted octanol–water partition coefficient (Wildman–Crippen LogP) is 2.59. The average molecular weight is 223 g/mol. The van der Waals surface area contributed by atoms with Crippen molar-refractivity contribution < 1.29 is 9.13 Å². The Labute approximate surface area is 95.8 Å². The molecule has 0 saturated carbocycles. The minimum absolute atomic E-state index is 0.0599. The van der Waals surface area contributed by atoms with Gasteiger partial charge in [-0.05, 0) is 38.4 Å². The van der Waals surface area contributed by atoms with Crippen molar-refractivity contribution in [1.29, 1.82) is 0 Å². The fraction of sp³-hybridized carbons (Fsp3) is 0.538. The number of piperidine rings is 1. The SMILES string of the molecule is CC(Oc1ccccc1F)C1CCCNC1. The van der Waals surface area contributed by atoms with Gasteiger partial charge in [0.05, 0.1) is 0 Å². The number of hydrogen-bond donors (Lipinski definition) is 1. The van der Waals surface area contributed by atoms with Gasteiger partial charge in [0.2, 0.25) is 0 Å². The van der Waals surface area contributed by atoms with Gasteiger partial charge in [-0.25, -0.2) is 4.39 Å². The lowest BCUT2D eigenvalue weighted by Gasteiger charge is -2.28. The second kappa shape index (κ2) is 5.30. The first-order valence-corrected chi connectivity index (χ1v) is 5.89. The maximum Gasteiger partial charge on any atom is 0.165 e. The third kappa shape index (κ3) is 2.73. The normalized spacial score (nSPS) is 22.8. The van der Waals surface area contributed by atoms with Crippen molar-refractivity contribution in [2.75, 3.05) is 13.1 Å². The van der Waals surface area contributed by atoms with E-state index in [1.165, 1.54) is 12.5 Å². The van der Waals surface area contributed by atoms with E-state index in [0.717, 1.165) is 19.5 Å². The average Bonchev–Trinajstić information content (AvgIpc) is 2.33. The number of para-hydroxylation sites is 1.